The van der Waals surface area contributed by atoms with E-state index in [0.29, 0.717) is 24.6 Å². The summed E-state index contributed by atoms with van der Waals surface area (Å²) in [6.45, 7) is 4.04. The first-order valence-corrected chi connectivity index (χ1v) is 9.08. The summed E-state index contributed by atoms with van der Waals surface area (Å²) in [5, 5.41) is 0. The van der Waals surface area contributed by atoms with Crippen molar-refractivity contribution in [1.82, 2.24) is 9.80 Å². The average molecular weight is 370 g/mol. The van der Waals surface area contributed by atoms with E-state index in [9.17, 15) is 4.79 Å². The molecule has 1 amide bonds. The standard InChI is InChI=1S/C21H26N2O4/c1-25-18-9-7-17(8-10-18)15-22-11-13-23(14-12-22)21(24)16-27-20-6-4-3-5-19(20)26-2/h3-10H,11-16H2,1-2H3. The number of nitrogens with zero attached hydrogens (tertiary/aromatic N) is 2. The Morgan fingerprint density at radius 2 is 1.56 bits per heavy atom. The Morgan fingerprint density at radius 1 is 0.889 bits per heavy atom. The molecule has 1 aliphatic rings. The Kier molecular flexibility index (Phi) is 6.54. The van der Waals surface area contributed by atoms with E-state index < -0.39 is 0 Å². The van der Waals surface area contributed by atoms with Crippen LogP contribution in [0.4, 0.5) is 0 Å². The van der Waals surface area contributed by atoms with E-state index in [1.165, 1.54) is 5.56 Å². The van der Waals surface area contributed by atoms with Gasteiger partial charge in [-0.1, -0.05) is 24.3 Å². The zero-order valence-corrected chi connectivity index (χ0v) is 15.9. The predicted molar refractivity (Wildman–Crippen MR) is 103 cm³/mol. The fourth-order valence-electron chi connectivity index (χ4n) is 3.11. The smallest absolute Gasteiger partial charge is 0.260 e. The number of piperazine rings is 1. The largest absolute Gasteiger partial charge is 0.497 e. The number of hydrogen-bond donors (Lipinski definition) is 0. The van der Waals surface area contributed by atoms with Gasteiger partial charge < -0.3 is 19.1 Å². The van der Waals surface area contributed by atoms with Gasteiger partial charge in [0.15, 0.2) is 18.1 Å². The van der Waals surface area contributed by atoms with Crippen LogP contribution in [0.2, 0.25) is 0 Å². The van der Waals surface area contributed by atoms with Gasteiger partial charge >= 0.3 is 0 Å². The molecule has 6 nitrogen and oxygen atoms in total. The highest BCUT2D eigenvalue weighted by Gasteiger charge is 2.21. The van der Waals surface area contributed by atoms with Crippen LogP contribution in [0.1, 0.15) is 5.56 Å². The summed E-state index contributed by atoms with van der Waals surface area (Å²) in [4.78, 5) is 16.6. The number of rotatable bonds is 7. The number of amides is 1. The van der Waals surface area contributed by atoms with E-state index in [-0.39, 0.29) is 12.5 Å². The Balaban J connectivity index is 1.44. The summed E-state index contributed by atoms with van der Waals surface area (Å²) in [7, 11) is 3.26. The lowest BCUT2D eigenvalue weighted by Crippen LogP contribution is -2.49. The molecule has 0 saturated carbocycles. The van der Waals surface area contributed by atoms with Crippen molar-refractivity contribution < 1.29 is 19.0 Å². The summed E-state index contributed by atoms with van der Waals surface area (Å²) in [6.07, 6.45) is 0. The van der Waals surface area contributed by atoms with E-state index in [2.05, 4.69) is 17.0 Å². The van der Waals surface area contributed by atoms with Gasteiger partial charge in [0.05, 0.1) is 14.2 Å². The van der Waals surface area contributed by atoms with Gasteiger partial charge in [0.1, 0.15) is 5.75 Å². The Bertz CT molecular complexity index is 740. The Morgan fingerprint density at radius 3 is 2.19 bits per heavy atom. The second kappa shape index (κ2) is 9.28. The summed E-state index contributed by atoms with van der Waals surface area (Å²) >= 11 is 0. The summed E-state index contributed by atoms with van der Waals surface area (Å²) in [5.74, 6) is 2.09. The molecule has 144 valence electrons. The maximum Gasteiger partial charge on any atom is 0.260 e. The van der Waals surface area contributed by atoms with Gasteiger partial charge in [-0.3, -0.25) is 9.69 Å². The normalized spacial score (nSPS) is 14.7. The molecular weight excluding hydrogens is 344 g/mol. The van der Waals surface area contributed by atoms with Gasteiger partial charge in [-0.15, -0.1) is 0 Å². The van der Waals surface area contributed by atoms with Crippen molar-refractivity contribution in [2.24, 2.45) is 0 Å². The molecule has 1 saturated heterocycles. The summed E-state index contributed by atoms with van der Waals surface area (Å²) in [6, 6.07) is 15.5. The van der Waals surface area contributed by atoms with Crippen LogP contribution >= 0.6 is 0 Å². The fraction of sp³-hybridized carbons (Fsp3) is 0.381. The molecule has 1 fully saturated rings. The number of benzene rings is 2. The first kappa shape index (κ1) is 19.0. The third kappa shape index (κ3) is 5.14. The van der Waals surface area contributed by atoms with Crippen molar-refractivity contribution in [1.29, 1.82) is 0 Å². The second-order valence-electron chi connectivity index (χ2n) is 6.44. The first-order chi connectivity index (χ1) is 13.2. The number of carbonyl (C=O) groups excluding carboxylic acids is 1. The molecule has 0 bridgehead atoms. The molecule has 1 aliphatic heterocycles. The van der Waals surface area contributed by atoms with Crippen LogP contribution < -0.4 is 14.2 Å². The maximum atomic E-state index is 12.4. The first-order valence-electron chi connectivity index (χ1n) is 9.08. The fourth-order valence-corrected chi connectivity index (χ4v) is 3.11. The monoisotopic (exact) mass is 370 g/mol. The van der Waals surface area contributed by atoms with Crippen LogP contribution in [0, 0.1) is 0 Å². The van der Waals surface area contributed by atoms with Crippen molar-refractivity contribution in [3.05, 3.63) is 54.1 Å². The maximum absolute atomic E-state index is 12.4. The Hall–Kier alpha value is -2.73. The van der Waals surface area contributed by atoms with Crippen molar-refractivity contribution in [3.63, 3.8) is 0 Å². The van der Waals surface area contributed by atoms with Crippen LogP contribution in [0.25, 0.3) is 0 Å². The van der Waals surface area contributed by atoms with Gasteiger partial charge in [-0.25, -0.2) is 0 Å². The molecule has 27 heavy (non-hydrogen) atoms. The van der Waals surface area contributed by atoms with Crippen LogP contribution in [0.15, 0.2) is 48.5 Å². The van der Waals surface area contributed by atoms with E-state index in [0.717, 1.165) is 25.4 Å². The lowest BCUT2D eigenvalue weighted by molar-refractivity contribution is -0.135. The molecule has 0 spiro atoms. The zero-order valence-electron chi connectivity index (χ0n) is 15.9. The minimum Gasteiger partial charge on any atom is -0.497 e. The zero-order chi connectivity index (χ0) is 19.1. The van der Waals surface area contributed by atoms with Gasteiger partial charge in [0.2, 0.25) is 0 Å². The minimum absolute atomic E-state index is 0.00463. The van der Waals surface area contributed by atoms with Crippen LogP contribution in [-0.4, -0.2) is 62.7 Å². The third-order valence-electron chi connectivity index (χ3n) is 4.71. The van der Waals surface area contributed by atoms with Crippen molar-refractivity contribution in [2.45, 2.75) is 6.54 Å². The highest BCUT2D eigenvalue weighted by Crippen LogP contribution is 2.25. The summed E-state index contributed by atoms with van der Waals surface area (Å²) in [5.41, 5.74) is 1.25. The van der Waals surface area contributed by atoms with Gasteiger partial charge in [0.25, 0.3) is 5.91 Å². The van der Waals surface area contributed by atoms with E-state index >= 15 is 0 Å². The van der Waals surface area contributed by atoms with Crippen molar-refractivity contribution in [3.8, 4) is 17.2 Å². The topological polar surface area (TPSA) is 51.2 Å². The van der Waals surface area contributed by atoms with Crippen LogP contribution in [-0.2, 0) is 11.3 Å². The molecule has 0 unspecified atom stereocenters. The molecule has 1 heterocycles. The van der Waals surface area contributed by atoms with Crippen LogP contribution in [0.3, 0.4) is 0 Å². The number of para-hydroxylation sites is 2. The molecule has 3 rings (SSSR count). The van der Waals surface area contributed by atoms with E-state index in [1.54, 1.807) is 20.3 Å². The van der Waals surface area contributed by atoms with Crippen LogP contribution in [0.5, 0.6) is 17.2 Å². The molecule has 2 aromatic carbocycles. The third-order valence-corrected chi connectivity index (χ3v) is 4.71. The summed E-state index contributed by atoms with van der Waals surface area (Å²) < 4.78 is 16.1. The molecular formula is C21H26N2O4. The SMILES string of the molecule is COc1ccc(CN2CCN(C(=O)COc3ccccc3OC)CC2)cc1. The molecule has 0 N–H and O–H groups in total. The minimum atomic E-state index is 0.00463. The molecule has 6 heteroatoms. The van der Waals surface area contributed by atoms with E-state index in [1.807, 2.05) is 35.2 Å². The van der Waals surface area contributed by atoms with E-state index in [4.69, 9.17) is 14.2 Å². The number of methoxy groups -OCH3 is 2. The van der Waals surface area contributed by atoms with Gasteiger partial charge in [-0.2, -0.15) is 0 Å². The highest BCUT2D eigenvalue weighted by molar-refractivity contribution is 5.78. The molecule has 0 aromatic heterocycles. The second-order valence-corrected chi connectivity index (χ2v) is 6.44. The molecule has 2 aromatic rings. The lowest BCUT2D eigenvalue weighted by atomic mass is 10.2. The predicted octanol–water partition coefficient (Wildman–Crippen LogP) is 2.43. The number of carbonyl (C=O) groups is 1. The van der Waals surface area contributed by atoms with Gasteiger partial charge in [-0.05, 0) is 29.8 Å². The molecule has 0 atom stereocenters. The lowest BCUT2D eigenvalue weighted by Gasteiger charge is -2.34. The number of ether oxygens (including phenoxy) is 3. The highest BCUT2D eigenvalue weighted by atomic mass is 16.5. The number of hydrogen-bond acceptors (Lipinski definition) is 5. The quantitative estimate of drug-likeness (QED) is 0.749. The molecule has 0 aliphatic carbocycles. The van der Waals surface area contributed by atoms with Gasteiger partial charge in [0, 0.05) is 32.7 Å². The molecule has 0 radical (unpaired) electrons. The van der Waals surface area contributed by atoms with Crippen molar-refractivity contribution >= 4 is 5.91 Å². The average Bonchev–Trinajstić information content (AvgIpc) is 2.73. The van der Waals surface area contributed by atoms with Crippen molar-refractivity contribution in [2.75, 3.05) is 47.0 Å². The Labute approximate surface area is 160 Å².